The molecule has 0 aliphatic carbocycles. The van der Waals surface area contributed by atoms with Crippen LogP contribution in [0.5, 0.6) is 11.5 Å². The molecule has 3 aromatic rings. The van der Waals surface area contributed by atoms with Crippen LogP contribution < -0.4 is 20.4 Å². The average molecular weight is 478 g/mol. The second-order valence-electron chi connectivity index (χ2n) is 7.57. The maximum atomic E-state index is 13.0. The Labute approximate surface area is 191 Å². The Balaban J connectivity index is 1.60. The van der Waals surface area contributed by atoms with Gasteiger partial charge >= 0.3 is 12.0 Å². The van der Waals surface area contributed by atoms with Gasteiger partial charge in [0.1, 0.15) is 16.9 Å². The predicted molar refractivity (Wildman–Crippen MR) is 116 cm³/mol. The Kier molecular flexibility index (Phi) is 6.75. The number of carbonyl (C=O) groups excluding carboxylic acids is 1. The lowest BCUT2D eigenvalue weighted by atomic mass is 10.1. The van der Waals surface area contributed by atoms with Crippen molar-refractivity contribution >= 4 is 22.6 Å². The molecule has 34 heavy (non-hydrogen) atoms. The topological polar surface area (TPSA) is 90.2 Å². The molecule has 11 heteroatoms. The third kappa shape index (κ3) is 5.67. The van der Waals surface area contributed by atoms with Gasteiger partial charge in [-0.1, -0.05) is 6.07 Å². The molecule has 8 nitrogen and oxygen atoms in total. The number of ether oxygens (including phenoxy) is 3. The van der Waals surface area contributed by atoms with Crippen LogP contribution >= 0.6 is 0 Å². The van der Waals surface area contributed by atoms with E-state index in [1.54, 1.807) is 18.2 Å². The Bertz CT molecular complexity index is 1250. The van der Waals surface area contributed by atoms with Gasteiger partial charge in [0, 0.05) is 31.1 Å². The smallest absolute Gasteiger partial charge is 0.497 e. The number of anilines is 1. The standard InChI is InChI=1S/C23H21F3N2O6/c1-31-16-4-3-15-11-17(22(30)33-19(15)12-16)21(29)27-18-5-2-14(10-20(18)34-23(24,25)26)13-28-6-8-32-9-7-28/h2-5,10-12H,6-9,13H2,1H3,(H,27,29). The molecule has 0 spiro atoms. The lowest BCUT2D eigenvalue weighted by molar-refractivity contribution is -0.274. The minimum absolute atomic E-state index is 0.203. The van der Waals surface area contributed by atoms with Crippen LogP contribution in [0.2, 0.25) is 0 Å². The summed E-state index contributed by atoms with van der Waals surface area (Å²) in [5, 5.41) is 2.77. The summed E-state index contributed by atoms with van der Waals surface area (Å²) in [7, 11) is 1.45. The zero-order valence-corrected chi connectivity index (χ0v) is 18.1. The van der Waals surface area contributed by atoms with E-state index >= 15 is 0 Å². The van der Waals surface area contributed by atoms with Gasteiger partial charge in [0.15, 0.2) is 5.75 Å². The van der Waals surface area contributed by atoms with E-state index in [-0.39, 0.29) is 16.8 Å². The molecular weight excluding hydrogens is 457 g/mol. The minimum atomic E-state index is -4.97. The first-order valence-corrected chi connectivity index (χ1v) is 10.3. The molecule has 2 heterocycles. The van der Waals surface area contributed by atoms with Crippen molar-refractivity contribution in [2.24, 2.45) is 0 Å². The number of morpholine rings is 1. The normalized spacial score (nSPS) is 14.7. The van der Waals surface area contributed by atoms with Crippen LogP contribution in [-0.2, 0) is 11.3 Å². The summed E-state index contributed by atoms with van der Waals surface area (Å²) in [6.07, 6.45) is -4.97. The predicted octanol–water partition coefficient (Wildman–Crippen LogP) is 3.78. The van der Waals surface area contributed by atoms with Crippen LogP contribution in [0.1, 0.15) is 15.9 Å². The van der Waals surface area contributed by atoms with Crippen molar-refractivity contribution in [3.63, 3.8) is 0 Å². The molecule has 1 aliphatic rings. The van der Waals surface area contributed by atoms with Gasteiger partial charge in [0.2, 0.25) is 0 Å². The molecule has 4 rings (SSSR count). The van der Waals surface area contributed by atoms with E-state index in [0.29, 0.717) is 49.5 Å². The van der Waals surface area contributed by atoms with Gasteiger partial charge in [0.05, 0.1) is 26.0 Å². The summed E-state index contributed by atoms with van der Waals surface area (Å²) in [5.41, 5.74) is -0.774. The van der Waals surface area contributed by atoms with Crippen molar-refractivity contribution in [3.05, 3.63) is 64.0 Å². The van der Waals surface area contributed by atoms with E-state index < -0.39 is 23.6 Å². The van der Waals surface area contributed by atoms with Crippen LogP contribution in [0.15, 0.2) is 51.7 Å². The second-order valence-corrected chi connectivity index (χ2v) is 7.57. The number of methoxy groups -OCH3 is 1. The first-order valence-electron chi connectivity index (χ1n) is 10.3. The lowest BCUT2D eigenvalue weighted by Crippen LogP contribution is -2.35. The molecule has 180 valence electrons. The zero-order valence-electron chi connectivity index (χ0n) is 18.1. The molecule has 2 aromatic carbocycles. The van der Waals surface area contributed by atoms with E-state index in [0.717, 1.165) is 0 Å². The molecule has 1 aliphatic heterocycles. The van der Waals surface area contributed by atoms with Gasteiger partial charge in [-0.25, -0.2) is 4.79 Å². The molecule has 1 saturated heterocycles. The van der Waals surface area contributed by atoms with E-state index in [1.807, 2.05) is 4.90 Å². The molecular formula is C23H21F3N2O6. The van der Waals surface area contributed by atoms with Crippen molar-refractivity contribution in [3.8, 4) is 11.5 Å². The molecule has 0 radical (unpaired) electrons. The van der Waals surface area contributed by atoms with Crippen LogP contribution in [0.25, 0.3) is 11.0 Å². The summed E-state index contributed by atoms with van der Waals surface area (Å²) in [6, 6.07) is 10.1. The van der Waals surface area contributed by atoms with Gasteiger partial charge < -0.3 is 23.9 Å². The lowest BCUT2D eigenvalue weighted by Gasteiger charge is -2.27. The summed E-state index contributed by atoms with van der Waals surface area (Å²) >= 11 is 0. The SMILES string of the molecule is COc1ccc2cc(C(=O)Nc3ccc(CN4CCOCC4)cc3OC(F)(F)F)c(=O)oc2c1. The number of hydrogen-bond acceptors (Lipinski definition) is 7. The number of benzene rings is 2. The third-order valence-electron chi connectivity index (χ3n) is 5.22. The van der Waals surface area contributed by atoms with Gasteiger partial charge in [-0.05, 0) is 35.9 Å². The molecule has 0 bridgehead atoms. The number of fused-ring (bicyclic) bond motifs is 1. The summed E-state index contributed by atoms with van der Waals surface area (Å²) in [6.45, 7) is 2.78. The quantitative estimate of drug-likeness (QED) is 0.540. The number of nitrogens with zero attached hydrogens (tertiary/aromatic N) is 1. The number of nitrogens with one attached hydrogen (secondary N) is 1. The van der Waals surface area contributed by atoms with Crippen LogP contribution in [0, 0.1) is 0 Å². The summed E-state index contributed by atoms with van der Waals surface area (Å²) in [5.74, 6) is -1.06. The molecule has 1 N–H and O–H groups in total. The Hall–Kier alpha value is -3.57. The number of carbonyl (C=O) groups is 1. The van der Waals surface area contributed by atoms with Crippen molar-refractivity contribution in [2.75, 3.05) is 38.7 Å². The van der Waals surface area contributed by atoms with Crippen molar-refractivity contribution < 1.29 is 36.6 Å². The number of rotatable bonds is 6. The fourth-order valence-electron chi connectivity index (χ4n) is 3.56. The van der Waals surface area contributed by atoms with Crippen molar-refractivity contribution in [1.82, 2.24) is 4.90 Å². The number of alkyl halides is 3. The fraction of sp³-hybridized carbons (Fsp3) is 0.304. The molecule has 0 unspecified atom stereocenters. The molecule has 0 atom stereocenters. The Morgan fingerprint density at radius 3 is 2.59 bits per heavy atom. The third-order valence-corrected chi connectivity index (χ3v) is 5.22. The first-order chi connectivity index (χ1) is 16.2. The maximum Gasteiger partial charge on any atom is 0.573 e. The highest BCUT2D eigenvalue weighted by atomic mass is 19.4. The monoisotopic (exact) mass is 478 g/mol. The van der Waals surface area contributed by atoms with Gasteiger partial charge in [0.25, 0.3) is 5.91 Å². The highest BCUT2D eigenvalue weighted by molar-refractivity contribution is 6.06. The number of halogens is 3. The summed E-state index contributed by atoms with van der Waals surface area (Å²) < 4.78 is 58.8. The van der Waals surface area contributed by atoms with Gasteiger partial charge in [-0.15, -0.1) is 13.2 Å². The second kappa shape index (κ2) is 9.74. The number of hydrogen-bond donors (Lipinski definition) is 1. The number of amides is 1. The Morgan fingerprint density at radius 2 is 1.88 bits per heavy atom. The zero-order chi connectivity index (χ0) is 24.3. The average Bonchev–Trinajstić information content (AvgIpc) is 2.79. The van der Waals surface area contributed by atoms with E-state index in [1.165, 1.54) is 31.4 Å². The van der Waals surface area contributed by atoms with E-state index in [2.05, 4.69) is 10.1 Å². The Morgan fingerprint density at radius 1 is 1.12 bits per heavy atom. The van der Waals surface area contributed by atoms with E-state index in [4.69, 9.17) is 13.9 Å². The first kappa shape index (κ1) is 23.6. The molecule has 0 saturated carbocycles. The molecule has 1 amide bonds. The van der Waals surface area contributed by atoms with Crippen molar-refractivity contribution in [2.45, 2.75) is 12.9 Å². The van der Waals surface area contributed by atoms with Crippen LogP contribution in [-0.4, -0.2) is 50.6 Å². The van der Waals surface area contributed by atoms with Gasteiger partial charge in [-0.2, -0.15) is 0 Å². The summed E-state index contributed by atoms with van der Waals surface area (Å²) in [4.78, 5) is 27.2. The highest BCUT2D eigenvalue weighted by Crippen LogP contribution is 2.32. The maximum absolute atomic E-state index is 13.0. The van der Waals surface area contributed by atoms with Crippen molar-refractivity contribution in [1.29, 1.82) is 0 Å². The largest absolute Gasteiger partial charge is 0.573 e. The van der Waals surface area contributed by atoms with Crippen LogP contribution in [0.3, 0.4) is 0 Å². The molecule has 1 aromatic heterocycles. The minimum Gasteiger partial charge on any atom is -0.497 e. The fourth-order valence-corrected chi connectivity index (χ4v) is 3.56. The highest BCUT2D eigenvalue weighted by Gasteiger charge is 2.33. The van der Waals surface area contributed by atoms with E-state index in [9.17, 15) is 22.8 Å². The van der Waals surface area contributed by atoms with Crippen LogP contribution in [0.4, 0.5) is 18.9 Å². The molecule has 1 fully saturated rings. The van der Waals surface area contributed by atoms with Gasteiger partial charge in [-0.3, -0.25) is 9.69 Å².